The molecule has 0 atom stereocenters. The zero-order valence-corrected chi connectivity index (χ0v) is 12.4. The fraction of sp³-hybridized carbons (Fsp3) is 0.500. The lowest BCUT2D eigenvalue weighted by molar-refractivity contribution is -0.128. The molecule has 20 heavy (non-hydrogen) atoms. The van der Waals surface area contributed by atoms with Gasteiger partial charge in [0.25, 0.3) is 0 Å². The monoisotopic (exact) mass is 282 g/mol. The second-order valence-corrected chi connectivity index (χ2v) is 4.36. The van der Waals surface area contributed by atoms with E-state index in [4.69, 9.17) is 9.47 Å². The van der Waals surface area contributed by atoms with Crippen LogP contribution in [-0.4, -0.2) is 50.3 Å². The van der Waals surface area contributed by atoms with Gasteiger partial charge in [-0.15, -0.1) is 0 Å². The highest BCUT2D eigenvalue weighted by Crippen LogP contribution is 2.36. The molecule has 6 heteroatoms. The number of rotatable bonds is 7. The van der Waals surface area contributed by atoms with Crippen molar-refractivity contribution in [3.63, 3.8) is 0 Å². The highest BCUT2D eigenvalue weighted by Gasteiger charge is 2.11. The number of phenols is 1. The fourth-order valence-electron chi connectivity index (χ4n) is 1.67. The molecule has 0 saturated carbocycles. The number of aromatic hydroxyl groups is 1. The van der Waals surface area contributed by atoms with E-state index in [-0.39, 0.29) is 18.2 Å². The van der Waals surface area contributed by atoms with Crippen molar-refractivity contribution in [3.05, 3.63) is 17.7 Å². The van der Waals surface area contributed by atoms with Crippen molar-refractivity contribution in [1.29, 1.82) is 0 Å². The van der Waals surface area contributed by atoms with Gasteiger partial charge in [-0.3, -0.25) is 4.79 Å². The van der Waals surface area contributed by atoms with Gasteiger partial charge in [0.1, 0.15) is 0 Å². The number of carbonyl (C=O) groups is 1. The summed E-state index contributed by atoms with van der Waals surface area (Å²) in [7, 11) is 4.72. The number of ether oxygens (including phenoxy) is 2. The van der Waals surface area contributed by atoms with E-state index in [9.17, 15) is 9.90 Å². The Kier molecular flexibility index (Phi) is 6.11. The van der Waals surface area contributed by atoms with E-state index in [1.807, 2.05) is 6.92 Å². The van der Waals surface area contributed by atoms with Crippen LogP contribution in [0, 0.1) is 0 Å². The van der Waals surface area contributed by atoms with E-state index in [1.165, 1.54) is 14.2 Å². The lowest BCUT2D eigenvalue weighted by Gasteiger charge is -2.15. The molecular formula is C14H22N2O4. The topological polar surface area (TPSA) is 71.0 Å². The van der Waals surface area contributed by atoms with Crippen LogP contribution in [0.25, 0.3) is 0 Å². The summed E-state index contributed by atoms with van der Waals surface area (Å²) in [5, 5.41) is 12.9. The number of nitrogens with one attached hydrogen (secondary N) is 1. The molecule has 0 saturated heterocycles. The molecule has 0 radical (unpaired) electrons. The zero-order valence-electron chi connectivity index (χ0n) is 12.4. The third-order valence-corrected chi connectivity index (χ3v) is 3.05. The van der Waals surface area contributed by atoms with Gasteiger partial charge in [0.05, 0.1) is 20.8 Å². The second-order valence-electron chi connectivity index (χ2n) is 4.36. The zero-order chi connectivity index (χ0) is 15.1. The Balaban J connectivity index is 2.67. The van der Waals surface area contributed by atoms with Crippen LogP contribution >= 0.6 is 0 Å². The molecule has 0 aromatic heterocycles. The lowest BCUT2D eigenvalue weighted by atomic mass is 10.2. The largest absolute Gasteiger partial charge is 0.502 e. The Labute approximate surface area is 119 Å². The van der Waals surface area contributed by atoms with Crippen LogP contribution in [0.4, 0.5) is 0 Å². The maximum Gasteiger partial charge on any atom is 0.236 e. The van der Waals surface area contributed by atoms with E-state index in [2.05, 4.69) is 5.32 Å². The number of phenolic OH excluding ortho intramolecular Hbond substituents is 1. The highest BCUT2D eigenvalue weighted by atomic mass is 16.5. The molecule has 0 unspecified atom stereocenters. The summed E-state index contributed by atoms with van der Waals surface area (Å²) in [6.07, 6.45) is 0. The minimum atomic E-state index is -0.0273. The summed E-state index contributed by atoms with van der Waals surface area (Å²) in [6.45, 7) is 3.35. The van der Waals surface area contributed by atoms with Crippen LogP contribution < -0.4 is 14.8 Å². The van der Waals surface area contributed by atoms with Crippen molar-refractivity contribution >= 4 is 5.91 Å². The molecule has 0 bridgehead atoms. The number of carbonyl (C=O) groups excluding carboxylic acids is 1. The molecule has 112 valence electrons. The van der Waals surface area contributed by atoms with Gasteiger partial charge in [-0.2, -0.15) is 0 Å². The second kappa shape index (κ2) is 7.59. The molecule has 6 nitrogen and oxygen atoms in total. The van der Waals surface area contributed by atoms with Crippen molar-refractivity contribution in [2.45, 2.75) is 13.5 Å². The number of hydrogen-bond donors (Lipinski definition) is 2. The first kappa shape index (κ1) is 16.1. The molecule has 0 aliphatic carbocycles. The Morgan fingerprint density at radius 2 is 1.85 bits per heavy atom. The Morgan fingerprint density at radius 3 is 2.30 bits per heavy atom. The molecule has 0 aliphatic heterocycles. The Bertz CT molecular complexity index is 437. The van der Waals surface area contributed by atoms with Crippen LogP contribution in [0.15, 0.2) is 12.1 Å². The lowest BCUT2D eigenvalue weighted by Crippen LogP contribution is -2.35. The number of benzene rings is 1. The van der Waals surface area contributed by atoms with Crippen molar-refractivity contribution in [3.8, 4) is 17.2 Å². The van der Waals surface area contributed by atoms with Gasteiger partial charge in [-0.25, -0.2) is 0 Å². The molecule has 1 amide bonds. The van der Waals surface area contributed by atoms with E-state index in [0.717, 1.165) is 5.56 Å². The van der Waals surface area contributed by atoms with E-state index < -0.39 is 0 Å². The van der Waals surface area contributed by atoms with Crippen LogP contribution in [0.1, 0.15) is 12.5 Å². The van der Waals surface area contributed by atoms with E-state index in [0.29, 0.717) is 24.6 Å². The maximum absolute atomic E-state index is 11.6. The van der Waals surface area contributed by atoms with E-state index in [1.54, 1.807) is 24.1 Å². The van der Waals surface area contributed by atoms with Crippen LogP contribution in [0.5, 0.6) is 17.2 Å². The summed E-state index contributed by atoms with van der Waals surface area (Å²) in [5.74, 6) is 0.696. The Morgan fingerprint density at radius 1 is 1.30 bits per heavy atom. The quantitative estimate of drug-likeness (QED) is 0.780. The molecular weight excluding hydrogens is 260 g/mol. The predicted octanol–water partition coefficient (Wildman–Crippen LogP) is 0.977. The molecule has 0 heterocycles. The molecule has 0 spiro atoms. The standard InChI is InChI=1S/C14H22N2O4/c1-5-16(2)13(17)9-15-8-10-6-11(19-3)14(18)12(7-10)20-4/h6-7,15,18H,5,8-9H2,1-4H3. The van der Waals surface area contributed by atoms with Gasteiger partial charge in [-0.1, -0.05) is 0 Å². The normalized spacial score (nSPS) is 10.2. The SMILES string of the molecule is CCN(C)C(=O)CNCc1cc(OC)c(O)c(OC)c1. The van der Waals surface area contributed by atoms with Gasteiger partial charge < -0.3 is 24.8 Å². The maximum atomic E-state index is 11.6. The molecule has 0 aliphatic rings. The van der Waals surface area contributed by atoms with Gasteiger partial charge >= 0.3 is 0 Å². The van der Waals surface area contributed by atoms with Crippen molar-refractivity contribution in [1.82, 2.24) is 10.2 Å². The number of methoxy groups -OCH3 is 2. The van der Waals surface area contributed by atoms with Gasteiger partial charge in [0.2, 0.25) is 11.7 Å². The highest BCUT2D eigenvalue weighted by molar-refractivity contribution is 5.77. The first-order valence-electron chi connectivity index (χ1n) is 6.42. The first-order chi connectivity index (χ1) is 9.53. The van der Waals surface area contributed by atoms with Crippen LogP contribution in [-0.2, 0) is 11.3 Å². The summed E-state index contributed by atoms with van der Waals surface area (Å²) in [4.78, 5) is 13.3. The molecule has 1 aromatic rings. The summed E-state index contributed by atoms with van der Waals surface area (Å²) in [6, 6.07) is 3.41. The number of likely N-dealkylation sites (N-methyl/N-ethyl adjacent to an activating group) is 1. The predicted molar refractivity (Wildman–Crippen MR) is 76.2 cm³/mol. The minimum Gasteiger partial charge on any atom is -0.502 e. The number of amides is 1. The first-order valence-corrected chi connectivity index (χ1v) is 6.42. The molecule has 1 aromatic carbocycles. The Hall–Kier alpha value is -1.95. The fourth-order valence-corrected chi connectivity index (χ4v) is 1.67. The molecule has 1 rings (SSSR count). The van der Waals surface area contributed by atoms with Crippen molar-refractivity contribution < 1.29 is 19.4 Å². The van der Waals surface area contributed by atoms with Crippen molar-refractivity contribution in [2.24, 2.45) is 0 Å². The number of hydrogen-bond acceptors (Lipinski definition) is 5. The molecule has 2 N–H and O–H groups in total. The average molecular weight is 282 g/mol. The average Bonchev–Trinajstić information content (AvgIpc) is 2.47. The van der Waals surface area contributed by atoms with Gasteiger partial charge in [0.15, 0.2) is 11.5 Å². The van der Waals surface area contributed by atoms with Crippen molar-refractivity contribution in [2.75, 3.05) is 34.4 Å². The van der Waals surface area contributed by atoms with Crippen LogP contribution in [0.2, 0.25) is 0 Å². The van der Waals surface area contributed by atoms with Gasteiger partial charge in [0, 0.05) is 20.1 Å². The smallest absolute Gasteiger partial charge is 0.236 e. The third kappa shape index (κ3) is 4.03. The van der Waals surface area contributed by atoms with E-state index >= 15 is 0 Å². The number of nitrogens with zero attached hydrogens (tertiary/aromatic N) is 1. The van der Waals surface area contributed by atoms with Gasteiger partial charge in [-0.05, 0) is 24.6 Å². The third-order valence-electron chi connectivity index (χ3n) is 3.05. The summed E-state index contributed by atoms with van der Waals surface area (Å²) in [5.41, 5.74) is 0.864. The summed E-state index contributed by atoms with van der Waals surface area (Å²) < 4.78 is 10.2. The molecule has 0 fully saturated rings. The van der Waals surface area contributed by atoms with Crippen LogP contribution in [0.3, 0.4) is 0 Å². The minimum absolute atomic E-state index is 0.0273. The summed E-state index contributed by atoms with van der Waals surface area (Å²) >= 11 is 0.